The Bertz CT molecular complexity index is 662. The molecule has 7 heteroatoms. The third-order valence-corrected chi connectivity index (χ3v) is 6.59. The first kappa shape index (κ1) is 25.8. The van der Waals surface area contributed by atoms with Crippen LogP contribution in [0.1, 0.15) is 89.8 Å². The molecule has 1 saturated carbocycles. The summed E-state index contributed by atoms with van der Waals surface area (Å²) in [5.74, 6) is 0.315. The quantitative estimate of drug-likeness (QED) is 0.511. The summed E-state index contributed by atoms with van der Waals surface area (Å²) in [6.07, 6.45) is 9.62. The highest BCUT2D eigenvalue weighted by Crippen LogP contribution is 2.41. The molecule has 0 radical (unpaired) electrons. The molecule has 1 heterocycles. The predicted molar refractivity (Wildman–Crippen MR) is 123 cm³/mol. The number of hydrogen-bond donors (Lipinski definition) is 1. The van der Waals surface area contributed by atoms with Crippen molar-refractivity contribution in [2.75, 3.05) is 34.2 Å². The first-order chi connectivity index (χ1) is 14.6. The number of carboxylic acid groups (broad SMARTS) is 1. The number of carbonyl (C=O) groups is 1. The summed E-state index contributed by atoms with van der Waals surface area (Å²) in [4.78, 5) is 21.2. The largest absolute Gasteiger partial charge is 0.481 e. The van der Waals surface area contributed by atoms with E-state index in [0.29, 0.717) is 18.3 Å². The molecule has 1 unspecified atom stereocenters. The zero-order valence-corrected chi connectivity index (χ0v) is 20.6. The van der Waals surface area contributed by atoms with Gasteiger partial charge in [0.25, 0.3) is 0 Å². The zero-order chi connectivity index (χ0) is 23.0. The van der Waals surface area contributed by atoms with Gasteiger partial charge in [0.15, 0.2) is 5.82 Å². The number of aromatic nitrogens is 2. The van der Waals surface area contributed by atoms with Crippen LogP contribution in [0.4, 0.5) is 0 Å². The molecule has 1 aliphatic carbocycles. The number of aliphatic carboxylic acids is 1. The molecule has 0 aliphatic heterocycles. The molecule has 2 atom stereocenters. The van der Waals surface area contributed by atoms with Crippen molar-refractivity contribution in [2.45, 2.75) is 84.6 Å². The maximum absolute atomic E-state index is 12.3. The molecule has 1 aromatic heterocycles. The third-order valence-electron chi connectivity index (χ3n) is 6.59. The lowest BCUT2D eigenvalue weighted by Gasteiger charge is -2.32. The minimum atomic E-state index is -0.780. The van der Waals surface area contributed by atoms with Crippen LogP contribution in [0, 0.1) is 17.3 Å². The van der Waals surface area contributed by atoms with E-state index in [1.165, 1.54) is 38.5 Å². The van der Waals surface area contributed by atoms with Crippen LogP contribution in [0.25, 0.3) is 0 Å². The molecule has 0 bridgehead atoms. The van der Waals surface area contributed by atoms with Crippen LogP contribution in [0.15, 0.2) is 4.52 Å². The number of carboxylic acids is 1. The molecule has 1 aromatic rings. The molecular formula is C24H44N4O3. The Labute approximate surface area is 188 Å². The van der Waals surface area contributed by atoms with Crippen LogP contribution in [0.3, 0.4) is 0 Å². The highest BCUT2D eigenvalue weighted by molar-refractivity contribution is 5.72. The second kappa shape index (κ2) is 12.0. The van der Waals surface area contributed by atoms with Crippen LogP contribution in [0.2, 0.25) is 0 Å². The Hall–Kier alpha value is -1.47. The second-order valence-corrected chi connectivity index (χ2v) is 10.8. The molecule has 1 fully saturated rings. The number of hydrogen-bond acceptors (Lipinski definition) is 6. The fraction of sp³-hybridized carbons (Fsp3) is 0.875. The van der Waals surface area contributed by atoms with Gasteiger partial charge in [0, 0.05) is 13.1 Å². The van der Waals surface area contributed by atoms with Crippen molar-refractivity contribution in [1.82, 2.24) is 19.9 Å². The van der Waals surface area contributed by atoms with Gasteiger partial charge in [-0.15, -0.1) is 0 Å². The van der Waals surface area contributed by atoms with Crippen LogP contribution in [-0.2, 0) is 11.3 Å². The van der Waals surface area contributed by atoms with Crippen molar-refractivity contribution in [2.24, 2.45) is 17.3 Å². The summed E-state index contributed by atoms with van der Waals surface area (Å²) in [6, 6.07) is 0. The van der Waals surface area contributed by atoms with E-state index in [-0.39, 0.29) is 5.92 Å². The number of rotatable bonds is 12. The molecule has 1 N–H and O–H groups in total. The summed E-state index contributed by atoms with van der Waals surface area (Å²) in [5.41, 5.74) is -0.390. The van der Waals surface area contributed by atoms with Crippen LogP contribution in [0.5, 0.6) is 0 Å². The van der Waals surface area contributed by atoms with E-state index in [0.717, 1.165) is 31.8 Å². The van der Waals surface area contributed by atoms with Crippen molar-refractivity contribution < 1.29 is 14.4 Å². The van der Waals surface area contributed by atoms with Crippen LogP contribution < -0.4 is 0 Å². The topological polar surface area (TPSA) is 82.7 Å². The highest BCUT2D eigenvalue weighted by Gasteiger charge is 2.41. The molecule has 31 heavy (non-hydrogen) atoms. The molecular weight excluding hydrogens is 392 g/mol. The molecule has 0 aromatic carbocycles. The molecule has 0 spiro atoms. The average molecular weight is 437 g/mol. The van der Waals surface area contributed by atoms with E-state index in [1.807, 2.05) is 27.8 Å². The van der Waals surface area contributed by atoms with Crippen molar-refractivity contribution in [1.29, 1.82) is 0 Å². The maximum atomic E-state index is 12.3. The smallest absolute Gasteiger partial charge is 0.307 e. The minimum absolute atomic E-state index is 0.255. The Morgan fingerprint density at radius 3 is 2.42 bits per heavy atom. The zero-order valence-electron chi connectivity index (χ0n) is 20.6. The summed E-state index contributed by atoms with van der Waals surface area (Å²) >= 11 is 0. The van der Waals surface area contributed by atoms with Gasteiger partial charge in [0.2, 0.25) is 5.89 Å². The summed E-state index contributed by atoms with van der Waals surface area (Å²) in [5, 5.41) is 14.3. The van der Waals surface area contributed by atoms with E-state index in [9.17, 15) is 9.90 Å². The molecule has 1 aliphatic rings. The van der Waals surface area contributed by atoms with E-state index in [4.69, 9.17) is 4.52 Å². The highest BCUT2D eigenvalue weighted by atomic mass is 16.5. The molecule has 2 rings (SSSR count). The Kier molecular flexibility index (Phi) is 9.94. The Morgan fingerprint density at radius 2 is 1.84 bits per heavy atom. The van der Waals surface area contributed by atoms with Crippen molar-refractivity contribution in [3.05, 3.63) is 11.7 Å². The monoisotopic (exact) mass is 436 g/mol. The van der Waals surface area contributed by atoms with Crippen molar-refractivity contribution in [3.8, 4) is 0 Å². The second-order valence-electron chi connectivity index (χ2n) is 10.8. The SMILES string of the molecule is CN(C)CCN(C)Cc1noc([C@H](CCCC2CCCCC2)C(C(=O)O)C(C)(C)C)n1. The molecule has 0 amide bonds. The average Bonchev–Trinajstić information content (AvgIpc) is 3.13. The first-order valence-corrected chi connectivity index (χ1v) is 12.0. The molecule has 0 saturated heterocycles. The van der Waals surface area contributed by atoms with E-state index < -0.39 is 17.3 Å². The summed E-state index contributed by atoms with van der Waals surface area (Å²) in [6.45, 7) is 8.43. The lowest BCUT2D eigenvalue weighted by Crippen LogP contribution is -2.34. The summed E-state index contributed by atoms with van der Waals surface area (Å²) < 4.78 is 5.66. The van der Waals surface area contributed by atoms with E-state index >= 15 is 0 Å². The number of nitrogens with zero attached hydrogens (tertiary/aromatic N) is 4. The van der Waals surface area contributed by atoms with Gasteiger partial charge in [0.1, 0.15) is 0 Å². The van der Waals surface area contributed by atoms with Crippen LogP contribution in [-0.4, -0.2) is 65.2 Å². The van der Waals surface area contributed by atoms with E-state index in [2.05, 4.69) is 34.0 Å². The Balaban J connectivity index is 2.10. The van der Waals surface area contributed by atoms with Gasteiger partial charge >= 0.3 is 5.97 Å². The lowest BCUT2D eigenvalue weighted by molar-refractivity contribution is -0.147. The summed E-state index contributed by atoms with van der Waals surface area (Å²) in [7, 11) is 6.14. The Morgan fingerprint density at radius 1 is 1.16 bits per heavy atom. The van der Waals surface area contributed by atoms with Crippen LogP contribution >= 0.6 is 0 Å². The fourth-order valence-corrected chi connectivity index (χ4v) is 4.85. The predicted octanol–water partition coefficient (Wildman–Crippen LogP) is 4.64. The minimum Gasteiger partial charge on any atom is -0.481 e. The van der Waals surface area contributed by atoms with Gasteiger partial charge in [-0.1, -0.05) is 70.9 Å². The first-order valence-electron chi connectivity index (χ1n) is 12.0. The molecule has 7 nitrogen and oxygen atoms in total. The van der Waals surface area contributed by atoms with E-state index in [1.54, 1.807) is 0 Å². The number of likely N-dealkylation sites (N-methyl/N-ethyl adjacent to an activating group) is 2. The standard InChI is InChI=1S/C24H44N4O3/c1-24(2,3)21(23(29)30)19(14-10-13-18-11-8-7-9-12-18)22-25-20(26-31-22)17-28(6)16-15-27(4)5/h18-19,21H,7-17H2,1-6H3,(H,29,30)/t19-,21?/m1/s1. The lowest BCUT2D eigenvalue weighted by atomic mass is 9.71. The van der Waals surface area contributed by atoms with Crippen molar-refractivity contribution in [3.63, 3.8) is 0 Å². The van der Waals surface area contributed by atoms with Gasteiger partial charge in [-0.3, -0.25) is 9.69 Å². The van der Waals surface area contributed by atoms with Crippen molar-refractivity contribution >= 4 is 5.97 Å². The molecule has 178 valence electrons. The maximum Gasteiger partial charge on any atom is 0.307 e. The van der Waals surface area contributed by atoms with Gasteiger partial charge in [-0.2, -0.15) is 4.98 Å². The van der Waals surface area contributed by atoms with Gasteiger partial charge in [-0.25, -0.2) is 0 Å². The van der Waals surface area contributed by atoms with Gasteiger partial charge < -0.3 is 14.5 Å². The van der Waals surface area contributed by atoms with Gasteiger partial charge in [0.05, 0.1) is 18.4 Å². The fourth-order valence-electron chi connectivity index (χ4n) is 4.85. The normalized spacial score (nSPS) is 17.9. The third kappa shape index (κ3) is 8.53. The van der Waals surface area contributed by atoms with Gasteiger partial charge in [-0.05, 0) is 38.9 Å².